The topological polar surface area (TPSA) is 68.0 Å². The van der Waals surface area contributed by atoms with Gasteiger partial charge in [0.15, 0.2) is 0 Å². The molecule has 0 aliphatic carbocycles. The second kappa shape index (κ2) is 6.14. The van der Waals surface area contributed by atoms with Gasteiger partial charge in [-0.2, -0.15) is 0 Å². The number of anilines is 1. The fourth-order valence-electron chi connectivity index (χ4n) is 2.64. The average Bonchev–Trinajstić information content (AvgIpc) is 3.18. The minimum atomic E-state index is -0.175. The molecule has 3 heterocycles. The van der Waals surface area contributed by atoms with Gasteiger partial charge in [0, 0.05) is 17.4 Å². The predicted molar refractivity (Wildman–Crippen MR) is 99.0 cm³/mol. The third-order valence-corrected chi connectivity index (χ3v) is 4.87. The maximum atomic E-state index is 12.3. The van der Waals surface area contributed by atoms with Gasteiger partial charge in [-0.05, 0) is 56.3 Å². The van der Waals surface area contributed by atoms with Gasteiger partial charge in [-0.3, -0.25) is 4.79 Å². The van der Waals surface area contributed by atoms with E-state index in [4.69, 9.17) is 4.42 Å². The summed E-state index contributed by atoms with van der Waals surface area (Å²) in [6.45, 7) is 3.61. The number of rotatable bonds is 3. The zero-order valence-electron chi connectivity index (χ0n) is 13.7. The maximum Gasteiger partial charge on any atom is 0.259 e. The number of benzene rings is 1. The molecule has 124 valence electrons. The normalized spacial score (nSPS) is 11.0. The lowest BCUT2D eigenvalue weighted by atomic mass is 10.2. The predicted octanol–water partition coefficient (Wildman–Crippen LogP) is 4.82. The molecule has 0 aliphatic rings. The number of aryl methyl sites for hydroxylation is 2. The molecule has 4 aromatic rings. The highest BCUT2D eigenvalue weighted by Crippen LogP contribution is 2.29. The molecule has 0 bridgehead atoms. The molecule has 0 aliphatic heterocycles. The first-order valence-electron chi connectivity index (χ1n) is 7.80. The quantitative estimate of drug-likeness (QED) is 0.576. The van der Waals surface area contributed by atoms with Crippen molar-refractivity contribution in [2.45, 2.75) is 13.8 Å². The summed E-state index contributed by atoms with van der Waals surface area (Å²) in [7, 11) is 0. The maximum absolute atomic E-state index is 12.3. The van der Waals surface area contributed by atoms with Crippen LogP contribution >= 0.6 is 11.3 Å². The SMILES string of the molecule is Cc1cc(C(=O)Nc2ccc(-c3nc4cccnc4s3)cc2)c(C)o1. The fraction of sp³-hybridized carbons (Fsp3) is 0.105. The van der Waals surface area contributed by atoms with Gasteiger partial charge in [0.1, 0.15) is 26.9 Å². The summed E-state index contributed by atoms with van der Waals surface area (Å²) in [4.78, 5) is 22.2. The Balaban J connectivity index is 1.55. The van der Waals surface area contributed by atoms with E-state index in [2.05, 4.69) is 15.3 Å². The first kappa shape index (κ1) is 15.5. The zero-order valence-corrected chi connectivity index (χ0v) is 14.6. The smallest absolute Gasteiger partial charge is 0.259 e. The number of thiazole rings is 1. The summed E-state index contributed by atoms with van der Waals surface area (Å²) in [5.41, 5.74) is 3.17. The van der Waals surface area contributed by atoms with Gasteiger partial charge in [-0.1, -0.05) is 11.3 Å². The summed E-state index contributed by atoms with van der Waals surface area (Å²) >= 11 is 1.55. The van der Waals surface area contributed by atoms with Crippen LogP contribution in [0.2, 0.25) is 0 Å². The molecule has 0 atom stereocenters. The van der Waals surface area contributed by atoms with Crippen molar-refractivity contribution >= 4 is 33.3 Å². The molecule has 6 heteroatoms. The molecule has 0 saturated carbocycles. The minimum absolute atomic E-state index is 0.175. The number of fused-ring (bicyclic) bond motifs is 1. The van der Waals surface area contributed by atoms with Gasteiger partial charge < -0.3 is 9.73 Å². The van der Waals surface area contributed by atoms with Gasteiger partial charge in [-0.15, -0.1) is 0 Å². The Kier molecular flexibility index (Phi) is 3.82. The summed E-state index contributed by atoms with van der Waals surface area (Å²) in [6.07, 6.45) is 1.77. The largest absolute Gasteiger partial charge is 0.466 e. The number of hydrogen-bond donors (Lipinski definition) is 1. The van der Waals surface area contributed by atoms with Crippen molar-refractivity contribution in [2.75, 3.05) is 5.32 Å². The number of amides is 1. The van der Waals surface area contributed by atoms with E-state index < -0.39 is 0 Å². The highest BCUT2D eigenvalue weighted by atomic mass is 32.1. The number of carbonyl (C=O) groups is 1. The number of nitrogens with zero attached hydrogens (tertiary/aromatic N) is 2. The Morgan fingerprint density at radius 3 is 2.64 bits per heavy atom. The van der Waals surface area contributed by atoms with Crippen molar-refractivity contribution in [2.24, 2.45) is 0 Å². The summed E-state index contributed by atoms with van der Waals surface area (Å²) < 4.78 is 5.41. The molecule has 0 unspecified atom stereocenters. The molecule has 25 heavy (non-hydrogen) atoms. The molecule has 1 amide bonds. The van der Waals surface area contributed by atoms with Crippen molar-refractivity contribution in [3.8, 4) is 10.6 Å². The van der Waals surface area contributed by atoms with Crippen LogP contribution in [0.1, 0.15) is 21.9 Å². The van der Waals surface area contributed by atoms with Crippen molar-refractivity contribution in [1.82, 2.24) is 9.97 Å². The molecular weight excluding hydrogens is 334 g/mol. The Bertz CT molecular complexity index is 1030. The lowest BCUT2D eigenvalue weighted by Crippen LogP contribution is -2.11. The Morgan fingerprint density at radius 1 is 1.16 bits per heavy atom. The number of nitrogens with one attached hydrogen (secondary N) is 1. The highest BCUT2D eigenvalue weighted by Gasteiger charge is 2.14. The Labute approximate surface area is 148 Å². The molecule has 1 N–H and O–H groups in total. The fourth-order valence-corrected chi connectivity index (χ4v) is 3.56. The Hall–Kier alpha value is -2.99. The lowest BCUT2D eigenvalue weighted by molar-refractivity contribution is 0.102. The monoisotopic (exact) mass is 349 g/mol. The van der Waals surface area contributed by atoms with Crippen LogP contribution in [-0.2, 0) is 0 Å². The summed E-state index contributed by atoms with van der Waals surface area (Å²) in [6, 6.07) is 13.2. The third kappa shape index (κ3) is 3.04. The van der Waals surface area contributed by atoms with Crippen molar-refractivity contribution in [3.63, 3.8) is 0 Å². The van der Waals surface area contributed by atoms with Gasteiger partial charge in [0.05, 0.1) is 5.56 Å². The van der Waals surface area contributed by atoms with Gasteiger partial charge >= 0.3 is 0 Å². The number of aromatic nitrogens is 2. The van der Waals surface area contributed by atoms with Crippen molar-refractivity contribution in [3.05, 3.63) is 65.7 Å². The molecule has 0 spiro atoms. The van der Waals surface area contributed by atoms with Crippen LogP contribution in [-0.4, -0.2) is 15.9 Å². The second-order valence-corrected chi connectivity index (χ2v) is 6.68. The molecule has 0 saturated heterocycles. The van der Waals surface area contributed by atoms with E-state index in [1.54, 1.807) is 30.5 Å². The average molecular weight is 349 g/mol. The number of furan rings is 1. The van der Waals surface area contributed by atoms with E-state index in [0.717, 1.165) is 32.4 Å². The van der Waals surface area contributed by atoms with Crippen LogP contribution in [0.15, 0.2) is 53.1 Å². The molecule has 0 radical (unpaired) electrons. The standard InChI is InChI=1S/C19H15N3O2S/c1-11-10-15(12(2)24-11)17(23)21-14-7-5-13(6-8-14)18-22-16-4-3-9-20-19(16)25-18/h3-10H,1-2H3,(H,21,23). The summed E-state index contributed by atoms with van der Waals surface area (Å²) in [5, 5.41) is 3.80. The first-order valence-corrected chi connectivity index (χ1v) is 8.62. The Morgan fingerprint density at radius 2 is 1.96 bits per heavy atom. The van der Waals surface area contributed by atoms with E-state index in [1.807, 2.05) is 43.3 Å². The van der Waals surface area contributed by atoms with Gasteiger partial charge in [0.2, 0.25) is 0 Å². The molecule has 1 aromatic carbocycles. The van der Waals surface area contributed by atoms with E-state index in [-0.39, 0.29) is 5.91 Å². The van der Waals surface area contributed by atoms with Crippen LogP contribution in [0.5, 0.6) is 0 Å². The van der Waals surface area contributed by atoms with Crippen molar-refractivity contribution < 1.29 is 9.21 Å². The third-order valence-electron chi connectivity index (χ3n) is 3.84. The van der Waals surface area contributed by atoms with Gasteiger partial charge in [-0.25, -0.2) is 9.97 Å². The molecule has 4 rings (SSSR count). The highest BCUT2D eigenvalue weighted by molar-refractivity contribution is 7.21. The molecular formula is C19H15N3O2S. The van der Waals surface area contributed by atoms with Crippen LogP contribution in [0.3, 0.4) is 0 Å². The lowest BCUT2D eigenvalue weighted by Gasteiger charge is -2.05. The van der Waals surface area contributed by atoms with E-state index in [1.165, 1.54) is 0 Å². The van der Waals surface area contributed by atoms with E-state index in [9.17, 15) is 4.79 Å². The first-order chi connectivity index (χ1) is 12.1. The molecule has 5 nitrogen and oxygen atoms in total. The van der Waals surface area contributed by atoms with Crippen LogP contribution in [0.4, 0.5) is 5.69 Å². The van der Waals surface area contributed by atoms with Crippen LogP contribution < -0.4 is 5.32 Å². The number of pyridine rings is 1. The number of hydrogen-bond acceptors (Lipinski definition) is 5. The van der Waals surface area contributed by atoms with Crippen LogP contribution in [0.25, 0.3) is 20.9 Å². The summed E-state index contributed by atoms with van der Waals surface area (Å²) in [5.74, 6) is 1.17. The van der Waals surface area contributed by atoms with Crippen LogP contribution in [0, 0.1) is 13.8 Å². The van der Waals surface area contributed by atoms with Gasteiger partial charge in [0.25, 0.3) is 5.91 Å². The second-order valence-electron chi connectivity index (χ2n) is 5.71. The van der Waals surface area contributed by atoms with E-state index in [0.29, 0.717) is 11.3 Å². The number of carbonyl (C=O) groups excluding carboxylic acids is 1. The molecule has 0 fully saturated rings. The minimum Gasteiger partial charge on any atom is -0.466 e. The van der Waals surface area contributed by atoms with Crippen molar-refractivity contribution in [1.29, 1.82) is 0 Å². The zero-order chi connectivity index (χ0) is 17.4. The van der Waals surface area contributed by atoms with E-state index >= 15 is 0 Å². The molecule has 3 aromatic heterocycles.